The average molecular weight is 234 g/mol. The lowest BCUT2D eigenvalue weighted by Crippen LogP contribution is -2.21. The molecule has 0 saturated heterocycles. The van der Waals surface area contributed by atoms with Gasteiger partial charge in [-0.2, -0.15) is 0 Å². The predicted molar refractivity (Wildman–Crippen MR) is 69.1 cm³/mol. The summed E-state index contributed by atoms with van der Waals surface area (Å²) in [4.78, 5) is 4.44. The third kappa shape index (κ3) is 2.97. The van der Waals surface area contributed by atoms with E-state index >= 15 is 0 Å². The first-order chi connectivity index (χ1) is 8.20. The number of pyridine rings is 1. The van der Waals surface area contributed by atoms with Crippen molar-refractivity contribution >= 4 is 0 Å². The molecule has 2 N–H and O–H groups in total. The summed E-state index contributed by atoms with van der Waals surface area (Å²) in [5.74, 6) is 0.949. The molecule has 0 atom stereocenters. The molecule has 0 amide bonds. The van der Waals surface area contributed by atoms with Crippen LogP contribution in [0.2, 0.25) is 0 Å². The van der Waals surface area contributed by atoms with Crippen molar-refractivity contribution in [2.75, 3.05) is 0 Å². The molecular weight excluding hydrogens is 212 g/mol. The lowest BCUT2D eigenvalue weighted by Gasteiger charge is -2.24. The minimum atomic E-state index is 0.371. The third-order valence-corrected chi connectivity index (χ3v) is 3.47. The predicted octanol–water partition coefficient (Wildman–Crippen LogP) is 2.87. The molecule has 1 heterocycles. The van der Waals surface area contributed by atoms with Crippen LogP contribution in [0, 0.1) is 13.8 Å². The lowest BCUT2D eigenvalue weighted by molar-refractivity contribution is 0.153. The maximum atomic E-state index is 6.12. The number of ether oxygens (including phenoxy) is 1. The summed E-state index contributed by atoms with van der Waals surface area (Å²) in [6.07, 6.45) is 6.62. The van der Waals surface area contributed by atoms with E-state index in [0.29, 0.717) is 12.6 Å². The summed E-state index contributed by atoms with van der Waals surface area (Å²) in [6, 6.07) is 2.02. The van der Waals surface area contributed by atoms with Gasteiger partial charge in [0.2, 0.25) is 0 Å². The Morgan fingerprint density at radius 1 is 1.29 bits per heavy atom. The second kappa shape index (κ2) is 5.50. The first kappa shape index (κ1) is 12.4. The van der Waals surface area contributed by atoms with Gasteiger partial charge in [-0.25, -0.2) is 0 Å². The maximum Gasteiger partial charge on any atom is 0.127 e. The Hall–Kier alpha value is -1.09. The average Bonchev–Trinajstić information content (AvgIpc) is 2.30. The van der Waals surface area contributed by atoms with Crippen LogP contribution in [0.1, 0.15) is 49.1 Å². The Morgan fingerprint density at radius 2 is 2.00 bits per heavy atom. The number of hydrogen-bond donors (Lipinski definition) is 1. The smallest absolute Gasteiger partial charge is 0.127 e. The molecule has 1 aromatic heterocycles. The SMILES string of the molecule is Cc1cc(OC2CCCCC2)c(CN)c(C)n1. The van der Waals surface area contributed by atoms with Gasteiger partial charge in [0, 0.05) is 29.6 Å². The zero-order chi connectivity index (χ0) is 12.3. The van der Waals surface area contributed by atoms with Crippen LogP contribution in [0.25, 0.3) is 0 Å². The Labute approximate surface area is 103 Å². The number of aryl methyl sites for hydroxylation is 2. The third-order valence-electron chi connectivity index (χ3n) is 3.47. The van der Waals surface area contributed by atoms with E-state index in [1.807, 2.05) is 19.9 Å². The van der Waals surface area contributed by atoms with Gasteiger partial charge in [-0.1, -0.05) is 6.42 Å². The fourth-order valence-electron chi connectivity index (χ4n) is 2.54. The first-order valence-electron chi connectivity index (χ1n) is 6.54. The summed E-state index contributed by atoms with van der Waals surface area (Å²) in [5, 5.41) is 0. The molecule has 0 bridgehead atoms. The molecule has 2 rings (SSSR count). The van der Waals surface area contributed by atoms with E-state index in [1.165, 1.54) is 32.1 Å². The second-order valence-electron chi connectivity index (χ2n) is 4.91. The Balaban J connectivity index is 2.18. The van der Waals surface area contributed by atoms with Crippen molar-refractivity contribution in [2.24, 2.45) is 5.73 Å². The Kier molecular flexibility index (Phi) is 4.00. The van der Waals surface area contributed by atoms with Crippen molar-refractivity contribution in [1.82, 2.24) is 4.98 Å². The standard InChI is InChI=1S/C14H22N2O/c1-10-8-14(13(9-15)11(2)16-10)17-12-6-4-3-5-7-12/h8,12H,3-7,9,15H2,1-2H3. The van der Waals surface area contributed by atoms with Crippen molar-refractivity contribution in [1.29, 1.82) is 0 Å². The van der Waals surface area contributed by atoms with E-state index in [2.05, 4.69) is 4.98 Å². The normalized spacial score (nSPS) is 17.1. The van der Waals surface area contributed by atoms with Gasteiger partial charge in [0.1, 0.15) is 5.75 Å². The van der Waals surface area contributed by atoms with Gasteiger partial charge in [0.25, 0.3) is 0 Å². The maximum absolute atomic E-state index is 6.12. The molecule has 0 unspecified atom stereocenters. The zero-order valence-electron chi connectivity index (χ0n) is 10.8. The zero-order valence-corrected chi connectivity index (χ0v) is 10.8. The van der Waals surface area contributed by atoms with E-state index in [0.717, 1.165) is 22.7 Å². The number of rotatable bonds is 3. The molecule has 0 radical (unpaired) electrons. The van der Waals surface area contributed by atoms with Crippen molar-refractivity contribution in [3.8, 4) is 5.75 Å². The second-order valence-corrected chi connectivity index (χ2v) is 4.91. The van der Waals surface area contributed by atoms with E-state index in [4.69, 9.17) is 10.5 Å². The molecule has 0 aromatic carbocycles. The van der Waals surface area contributed by atoms with Gasteiger partial charge in [-0.15, -0.1) is 0 Å². The molecule has 1 saturated carbocycles. The quantitative estimate of drug-likeness (QED) is 0.874. The number of aromatic nitrogens is 1. The first-order valence-corrected chi connectivity index (χ1v) is 6.54. The summed E-state index contributed by atoms with van der Waals surface area (Å²) in [5.41, 5.74) is 8.85. The summed E-state index contributed by atoms with van der Waals surface area (Å²) >= 11 is 0. The Bertz CT molecular complexity index is 384. The van der Waals surface area contributed by atoms with Gasteiger partial charge in [-0.3, -0.25) is 4.98 Å². The molecule has 1 aliphatic carbocycles. The van der Waals surface area contributed by atoms with E-state index in [1.54, 1.807) is 0 Å². The summed E-state index contributed by atoms with van der Waals surface area (Å²) in [6.45, 7) is 4.51. The van der Waals surface area contributed by atoms with Crippen LogP contribution < -0.4 is 10.5 Å². The highest BCUT2D eigenvalue weighted by atomic mass is 16.5. The largest absolute Gasteiger partial charge is 0.490 e. The van der Waals surface area contributed by atoms with Gasteiger partial charge >= 0.3 is 0 Å². The van der Waals surface area contributed by atoms with Crippen LogP contribution >= 0.6 is 0 Å². The summed E-state index contributed by atoms with van der Waals surface area (Å²) in [7, 11) is 0. The molecule has 1 aromatic rings. The van der Waals surface area contributed by atoms with Crippen LogP contribution in [0.4, 0.5) is 0 Å². The minimum absolute atomic E-state index is 0.371. The van der Waals surface area contributed by atoms with Crippen LogP contribution in [0.15, 0.2) is 6.07 Å². The van der Waals surface area contributed by atoms with E-state index < -0.39 is 0 Å². The van der Waals surface area contributed by atoms with Crippen LogP contribution in [-0.4, -0.2) is 11.1 Å². The highest BCUT2D eigenvalue weighted by molar-refractivity contribution is 5.37. The number of hydrogen-bond acceptors (Lipinski definition) is 3. The molecule has 3 heteroatoms. The van der Waals surface area contributed by atoms with E-state index in [9.17, 15) is 0 Å². The number of nitrogens with two attached hydrogens (primary N) is 1. The number of nitrogens with zero attached hydrogens (tertiary/aromatic N) is 1. The van der Waals surface area contributed by atoms with Crippen molar-refractivity contribution in [3.63, 3.8) is 0 Å². The molecular formula is C14H22N2O. The van der Waals surface area contributed by atoms with Crippen molar-refractivity contribution in [2.45, 2.75) is 58.6 Å². The van der Waals surface area contributed by atoms with Crippen LogP contribution in [0.5, 0.6) is 5.75 Å². The van der Waals surface area contributed by atoms with E-state index in [-0.39, 0.29) is 0 Å². The lowest BCUT2D eigenvalue weighted by atomic mass is 9.97. The molecule has 0 spiro atoms. The van der Waals surface area contributed by atoms with Gasteiger partial charge in [-0.05, 0) is 39.5 Å². The van der Waals surface area contributed by atoms with Gasteiger partial charge < -0.3 is 10.5 Å². The molecule has 1 aliphatic rings. The highest BCUT2D eigenvalue weighted by Crippen LogP contribution is 2.27. The van der Waals surface area contributed by atoms with Crippen molar-refractivity contribution in [3.05, 3.63) is 23.0 Å². The van der Waals surface area contributed by atoms with Crippen LogP contribution in [-0.2, 0) is 6.54 Å². The fourth-order valence-corrected chi connectivity index (χ4v) is 2.54. The molecule has 94 valence electrons. The molecule has 17 heavy (non-hydrogen) atoms. The Morgan fingerprint density at radius 3 is 2.65 bits per heavy atom. The molecule has 0 aliphatic heterocycles. The minimum Gasteiger partial charge on any atom is -0.490 e. The summed E-state index contributed by atoms with van der Waals surface area (Å²) < 4.78 is 6.12. The highest BCUT2D eigenvalue weighted by Gasteiger charge is 2.17. The molecule has 1 fully saturated rings. The van der Waals surface area contributed by atoms with Gasteiger partial charge in [0.15, 0.2) is 0 Å². The van der Waals surface area contributed by atoms with Crippen molar-refractivity contribution < 1.29 is 4.74 Å². The monoisotopic (exact) mass is 234 g/mol. The molecule has 3 nitrogen and oxygen atoms in total. The van der Waals surface area contributed by atoms with Gasteiger partial charge in [0.05, 0.1) is 6.10 Å². The van der Waals surface area contributed by atoms with Crippen LogP contribution in [0.3, 0.4) is 0 Å². The fraction of sp³-hybridized carbons (Fsp3) is 0.643. The topological polar surface area (TPSA) is 48.1 Å².